The number of nitrogens with one attached hydrogen (secondary N) is 1. The smallest absolute Gasteiger partial charge is 0.0340 e. The summed E-state index contributed by atoms with van der Waals surface area (Å²) in [6.45, 7) is 8.55. The van der Waals surface area contributed by atoms with Crippen molar-refractivity contribution in [2.75, 3.05) is 38.0 Å². The van der Waals surface area contributed by atoms with Crippen LogP contribution in [0.5, 0.6) is 0 Å². The summed E-state index contributed by atoms with van der Waals surface area (Å²) in [5, 5.41) is 3.57. The summed E-state index contributed by atoms with van der Waals surface area (Å²) in [6.07, 6.45) is 4.12. The van der Waals surface area contributed by atoms with Gasteiger partial charge in [-0.2, -0.15) is 0 Å². The van der Waals surface area contributed by atoms with Crippen LogP contribution in [0.1, 0.15) is 26.2 Å². The highest BCUT2D eigenvalue weighted by atomic mass is 15.3. The molecule has 0 radical (unpaired) electrons. The Hall–Kier alpha value is -1.06. The van der Waals surface area contributed by atoms with Crippen LogP contribution in [0.2, 0.25) is 0 Å². The Morgan fingerprint density at radius 2 is 1.95 bits per heavy atom. The second kappa shape index (κ2) is 6.59. The molecule has 0 amide bonds. The topological polar surface area (TPSA) is 18.5 Å². The van der Waals surface area contributed by atoms with Crippen molar-refractivity contribution in [2.45, 2.75) is 38.3 Å². The molecule has 20 heavy (non-hydrogen) atoms. The molecule has 0 spiro atoms. The van der Waals surface area contributed by atoms with Gasteiger partial charge in [-0.1, -0.05) is 18.2 Å². The Labute approximate surface area is 123 Å². The highest BCUT2D eigenvalue weighted by Crippen LogP contribution is 2.22. The first-order valence-corrected chi connectivity index (χ1v) is 8.10. The fourth-order valence-corrected chi connectivity index (χ4v) is 3.59. The van der Waals surface area contributed by atoms with Crippen molar-refractivity contribution in [3.63, 3.8) is 0 Å². The molecule has 1 aromatic rings. The van der Waals surface area contributed by atoms with E-state index >= 15 is 0 Å². The van der Waals surface area contributed by atoms with Crippen molar-refractivity contribution >= 4 is 5.69 Å². The van der Waals surface area contributed by atoms with Crippen molar-refractivity contribution in [3.05, 3.63) is 30.3 Å². The Bertz CT molecular complexity index is 406. The molecule has 0 aromatic heterocycles. The van der Waals surface area contributed by atoms with Crippen LogP contribution in [0, 0.1) is 0 Å². The average molecular weight is 273 g/mol. The zero-order valence-corrected chi connectivity index (χ0v) is 12.6. The Morgan fingerprint density at radius 3 is 2.80 bits per heavy atom. The van der Waals surface area contributed by atoms with Crippen molar-refractivity contribution in [1.29, 1.82) is 0 Å². The van der Waals surface area contributed by atoms with Gasteiger partial charge in [-0.15, -0.1) is 0 Å². The molecule has 3 heteroatoms. The molecule has 2 unspecified atom stereocenters. The number of benzene rings is 1. The molecule has 2 saturated heterocycles. The standard InChI is InChI=1S/C17H27N3/c1-15(13-18-16-7-3-2-4-8-16)20-12-6-11-19-10-5-9-17(19)14-20/h2-4,7-8,15,17-18H,5-6,9-14H2,1H3. The van der Waals surface area contributed by atoms with Crippen LogP contribution in [-0.2, 0) is 0 Å². The predicted octanol–water partition coefficient (Wildman–Crippen LogP) is 2.66. The molecular formula is C17H27N3. The Kier molecular flexibility index (Phi) is 4.58. The quantitative estimate of drug-likeness (QED) is 0.910. The third-order valence-electron chi connectivity index (χ3n) is 4.83. The number of fused-ring (bicyclic) bond motifs is 1. The number of rotatable bonds is 4. The van der Waals surface area contributed by atoms with E-state index in [1.807, 2.05) is 0 Å². The van der Waals surface area contributed by atoms with Crippen molar-refractivity contribution in [3.8, 4) is 0 Å². The maximum absolute atomic E-state index is 3.57. The Morgan fingerprint density at radius 1 is 1.15 bits per heavy atom. The van der Waals surface area contributed by atoms with E-state index in [4.69, 9.17) is 0 Å². The van der Waals surface area contributed by atoms with Gasteiger partial charge >= 0.3 is 0 Å². The fraction of sp³-hybridized carbons (Fsp3) is 0.647. The average Bonchev–Trinajstić information content (AvgIpc) is 2.83. The highest BCUT2D eigenvalue weighted by molar-refractivity contribution is 5.42. The van der Waals surface area contributed by atoms with Crippen LogP contribution in [0.25, 0.3) is 0 Å². The molecule has 2 heterocycles. The van der Waals surface area contributed by atoms with E-state index < -0.39 is 0 Å². The number of hydrogen-bond donors (Lipinski definition) is 1. The lowest BCUT2D eigenvalue weighted by molar-refractivity contribution is 0.187. The molecule has 1 N–H and O–H groups in total. The first kappa shape index (κ1) is 13.9. The van der Waals surface area contributed by atoms with Crippen molar-refractivity contribution in [2.24, 2.45) is 0 Å². The van der Waals surface area contributed by atoms with Gasteiger partial charge in [-0.25, -0.2) is 0 Å². The molecule has 3 nitrogen and oxygen atoms in total. The summed E-state index contributed by atoms with van der Waals surface area (Å²) in [6, 6.07) is 12.0. The van der Waals surface area contributed by atoms with E-state index in [0.717, 1.165) is 12.6 Å². The van der Waals surface area contributed by atoms with Gasteiger partial charge in [0.25, 0.3) is 0 Å². The zero-order valence-electron chi connectivity index (χ0n) is 12.6. The van der Waals surface area contributed by atoms with Gasteiger partial charge in [-0.3, -0.25) is 9.80 Å². The van der Waals surface area contributed by atoms with Gasteiger partial charge in [0.2, 0.25) is 0 Å². The van der Waals surface area contributed by atoms with Gasteiger partial charge in [0.05, 0.1) is 0 Å². The maximum atomic E-state index is 3.57. The van der Waals surface area contributed by atoms with Crippen molar-refractivity contribution < 1.29 is 0 Å². The van der Waals surface area contributed by atoms with E-state index in [0.29, 0.717) is 6.04 Å². The van der Waals surface area contributed by atoms with Crippen LogP contribution < -0.4 is 5.32 Å². The predicted molar refractivity (Wildman–Crippen MR) is 85.2 cm³/mol. The molecular weight excluding hydrogens is 246 g/mol. The third-order valence-corrected chi connectivity index (χ3v) is 4.83. The van der Waals surface area contributed by atoms with E-state index in [1.165, 1.54) is 51.1 Å². The number of anilines is 1. The van der Waals surface area contributed by atoms with E-state index in [1.54, 1.807) is 0 Å². The van der Waals surface area contributed by atoms with Crippen LogP contribution in [0.4, 0.5) is 5.69 Å². The largest absolute Gasteiger partial charge is 0.383 e. The van der Waals surface area contributed by atoms with Crippen LogP contribution in [0.3, 0.4) is 0 Å². The lowest BCUT2D eigenvalue weighted by Crippen LogP contribution is -2.43. The maximum Gasteiger partial charge on any atom is 0.0340 e. The number of hydrogen-bond acceptors (Lipinski definition) is 3. The summed E-state index contributed by atoms with van der Waals surface area (Å²) in [4.78, 5) is 5.39. The molecule has 0 bridgehead atoms. The highest BCUT2D eigenvalue weighted by Gasteiger charge is 2.30. The van der Waals surface area contributed by atoms with Gasteiger partial charge in [0, 0.05) is 30.9 Å². The SMILES string of the molecule is CC(CNc1ccccc1)N1CCCN2CCCC2C1. The molecule has 2 atom stereocenters. The van der Waals surface area contributed by atoms with E-state index in [-0.39, 0.29) is 0 Å². The summed E-state index contributed by atoms with van der Waals surface area (Å²) in [5.74, 6) is 0. The summed E-state index contributed by atoms with van der Waals surface area (Å²) < 4.78 is 0. The molecule has 2 aliphatic rings. The minimum atomic E-state index is 0.607. The van der Waals surface area contributed by atoms with Crippen LogP contribution in [-0.4, -0.2) is 54.6 Å². The minimum Gasteiger partial charge on any atom is -0.383 e. The monoisotopic (exact) mass is 273 g/mol. The van der Waals surface area contributed by atoms with Gasteiger partial charge < -0.3 is 5.32 Å². The Balaban J connectivity index is 1.52. The second-order valence-corrected chi connectivity index (χ2v) is 6.28. The van der Waals surface area contributed by atoms with Crippen LogP contribution in [0.15, 0.2) is 30.3 Å². The summed E-state index contributed by atoms with van der Waals surface area (Å²) in [5.41, 5.74) is 1.23. The molecule has 3 rings (SSSR count). The zero-order chi connectivity index (χ0) is 13.8. The lowest BCUT2D eigenvalue weighted by atomic mass is 10.2. The number of nitrogens with zero attached hydrogens (tertiary/aromatic N) is 2. The van der Waals surface area contributed by atoms with Gasteiger partial charge in [0.1, 0.15) is 0 Å². The summed E-state index contributed by atoms with van der Waals surface area (Å²) in [7, 11) is 0. The molecule has 1 aromatic carbocycles. The van der Waals surface area contributed by atoms with E-state index in [2.05, 4.69) is 52.4 Å². The molecule has 0 saturated carbocycles. The minimum absolute atomic E-state index is 0.607. The number of para-hydroxylation sites is 1. The van der Waals surface area contributed by atoms with Crippen LogP contribution >= 0.6 is 0 Å². The van der Waals surface area contributed by atoms with Gasteiger partial charge in [-0.05, 0) is 58.0 Å². The fourth-order valence-electron chi connectivity index (χ4n) is 3.59. The molecule has 110 valence electrons. The normalized spacial score (nSPS) is 25.9. The van der Waals surface area contributed by atoms with Crippen molar-refractivity contribution in [1.82, 2.24) is 9.80 Å². The third kappa shape index (κ3) is 3.33. The second-order valence-electron chi connectivity index (χ2n) is 6.28. The first-order chi connectivity index (χ1) is 9.83. The molecule has 2 aliphatic heterocycles. The lowest BCUT2D eigenvalue weighted by Gasteiger charge is -2.31. The summed E-state index contributed by atoms with van der Waals surface area (Å²) >= 11 is 0. The molecule has 0 aliphatic carbocycles. The molecule has 2 fully saturated rings. The van der Waals surface area contributed by atoms with Gasteiger partial charge in [0.15, 0.2) is 0 Å². The van der Waals surface area contributed by atoms with E-state index in [9.17, 15) is 0 Å². The first-order valence-electron chi connectivity index (χ1n) is 8.10.